The van der Waals surface area contributed by atoms with Gasteiger partial charge in [0.25, 0.3) is 5.91 Å². The molecule has 7 heteroatoms. The summed E-state index contributed by atoms with van der Waals surface area (Å²) in [6, 6.07) is 0.376. The summed E-state index contributed by atoms with van der Waals surface area (Å²) >= 11 is 5.29. The van der Waals surface area contributed by atoms with Crippen molar-refractivity contribution in [3.8, 4) is 0 Å². The Kier molecular flexibility index (Phi) is 4.94. The van der Waals surface area contributed by atoms with E-state index in [1.165, 1.54) is 0 Å². The van der Waals surface area contributed by atoms with Crippen molar-refractivity contribution in [2.45, 2.75) is 19.9 Å². The van der Waals surface area contributed by atoms with Crippen LogP contribution in [0, 0.1) is 23.4 Å². The van der Waals surface area contributed by atoms with Gasteiger partial charge in [0.2, 0.25) is 5.24 Å². The second-order valence-corrected chi connectivity index (χ2v) is 4.59. The summed E-state index contributed by atoms with van der Waals surface area (Å²) in [6.45, 7) is 3.24. The third kappa shape index (κ3) is 3.47. The number of hydrogen-bond donors (Lipinski definition) is 1. The predicted octanol–water partition coefficient (Wildman–Crippen LogP) is 2.62. The third-order valence-electron chi connectivity index (χ3n) is 2.48. The fourth-order valence-corrected chi connectivity index (χ4v) is 1.71. The normalized spacial score (nSPS) is 12.4. The van der Waals surface area contributed by atoms with Crippen molar-refractivity contribution in [3.63, 3.8) is 0 Å². The second kappa shape index (κ2) is 6.06. The molecule has 0 saturated heterocycles. The first-order chi connectivity index (χ1) is 8.75. The maximum absolute atomic E-state index is 13.4. The van der Waals surface area contributed by atoms with Gasteiger partial charge in [-0.2, -0.15) is 0 Å². The Hall–Kier alpha value is -1.56. The molecule has 0 radical (unpaired) electrons. The number of rotatable bonds is 4. The van der Waals surface area contributed by atoms with E-state index in [4.69, 9.17) is 11.6 Å². The molecule has 0 aromatic heterocycles. The van der Waals surface area contributed by atoms with Gasteiger partial charge < -0.3 is 5.32 Å². The zero-order valence-corrected chi connectivity index (χ0v) is 10.9. The van der Waals surface area contributed by atoms with Crippen LogP contribution >= 0.6 is 11.6 Å². The van der Waals surface area contributed by atoms with Gasteiger partial charge in [-0.25, -0.2) is 13.2 Å². The van der Waals surface area contributed by atoms with Gasteiger partial charge in [0, 0.05) is 0 Å². The van der Waals surface area contributed by atoms with Gasteiger partial charge in [-0.15, -0.1) is 0 Å². The molecule has 19 heavy (non-hydrogen) atoms. The largest absolute Gasteiger partial charge is 0.341 e. The molecule has 0 saturated carbocycles. The Morgan fingerprint density at radius 1 is 1.16 bits per heavy atom. The second-order valence-electron chi connectivity index (χ2n) is 4.22. The molecular weight excluding hydrogens is 283 g/mol. The van der Waals surface area contributed by atoms with Crippen LogP contribution in [-0.4, -0.2) is 17.2 Å². The van der Waals surface area contributed by atoms with Crippen LogP contribution in [0.15, 0.2) is 12.1 Å². The summed E-state index contributed by atoms with van der Waals surface area (Å²) in [6.07, 6.45) is 0. The Labute approximate surface area is 112 Å². The highest BCUT2D eigenvalue weighted by molar-refractivity contribution is 6.64. The lowest BCUT2D eigenvalue weighted by Crippen LogP contribution is -2.42. The van der Waals surface area contributed by atoms with Gasteiger partial charge in [-0.1, -0.05) is 13.8 Å². The molecule has 0 fully saturated rings. The maximum atomic E-state index is 13.4. The lowest BCUT2D eigenvalue weighted by molar-refractivity contribution is -0.114. The van der Waals surface area contributed by atoms with E-state index in [1.54, 1.807) is 13.8 Å². The van der Waals surface area contributed by atoms with Gasteiger partial charge in [0.15, 0.2) is 17.5 Å². The highest BCUT2D eigenvalue weighted by Gasteiger charge is 2.25. The van der Waals surface area contributed by atoms with Crippen molar-refractivity contribution in [1.29, 1.82) is 0 Å². The maximum Gasteiger partial charge on any atom is 0.255 e. The number of carbonyl (C=O) groups excluding carboxylic acids is 2. The number of benzene rings is 1. The van der Waals surface area contributed by atoms with Crippen molar-refractivity contribution in [2.24, 2.45) is 5.92 Å². The standard InChI is InChI=1S/C12H11ClF3NO2/c1-5(2)10(11(13)18)17-12(19)6-3-4-7(14)9(16)8(6)15/h3-5,10H,1-2H3,(H,17,19). The van der Waals surface area contributed by atoms with E-state index in [1.807, 2.05) is 0 Å². The Bertz CT molecular complexity index is 520. The zero-order valence-electron chi connectivity index (χ0n) is 10.1. The lowest BCUT2D eigenvalue weighted by atomic mass is 10.0. The Balaban J connectivity index is 3.02. The molecule has 0 aliphatic rings. The number of nitrogens with one attached hydrogen (secondary N) is 1. The number of carbonyl (C=O) groups is 2. The zero-order chi connectivity index (χ0) is 14.7. The molecule has 104 valence electrons. The average Bonchev–Trinajstić information content (AvgIpc) is 2.32. The minimum Gasteiger partial charge on any atom is -0.341 e. The summed E-state index contributed by atoms with van der Waals surface area (Å²) in [5.74, 6) is -6.12. The van der Waals surface area contributed by atoms with E-state index in [0.29, 0.717) is 6.07 Å². The predicted molar refractivity (Wildman–Crippen MR) is 63.3 cm³/mol. The summed E-state index contributed by atoms with van der Waals surface area (Å²) in [7, 11) is 0. The highest BCUT2D eigenvalue weighted by Crippen LogP contribution is 2.16. The van der Waals surface area contributed by atoms with Crippen LogP contribution in [0.2, 0.25) is 0 Å². The van der Waals surface area contributed by atoms with E-state index in [0.717, 1.165) is 6.07 Å². The Morgan fingerprint density at radius 3 is 2.21 bits per heavy atom. The van der Waals surface area contributed by atoms with Gasteiger partial charge in [-0.3, -0.25) is 9.59 Å². The summed E-state index contributed by atoms with van der Waals surface area (Å²) in [4.78, 5) is 22.8. The molecule has 0 aliphatic carbocycles. The van der Waals surface area contributed by atoms with Crippen LogP contribution in [-0.2, 0) is 4.79 Å². The molecule has 1 N–H and O–H groups in total. The number of hydrogen-bond acceptors (Lipinski definition) is 2. The van der Waals surface area contributed by atoms with Crippen molar-refractivity contribution in [3.05, 3.63) is 35.1 Å². The first-order valence-corrected chi connectivity index (χ1v) is 5.77. The molecule has 3 nitrogen and oxygen atoms in total. The first-order valence-electron chi connectivity index (χ1n) is 5.39. The van der Waals surface area contributed by atoms with Crippen molar-refractivity contribution < 1.29 is 22.8 Å². The summed E-state index contributed by atoms with van der Waals surface area (Å²) < 4.78 is 39.1. The molecule has 0 aliphatic heterocycles. The monoisotopic (exact) mass is 293 g/mol. The fraction of sp³-hybridized carbons (Fsp3) is 0.333. The van der Waals surface area contributed by atoms with Gasteiger partial charge in [-0.05, 0) is 29.7 Å². The number of amides is 1. The van der Waals surface area contributed by atoms with Crippen molar-refractivity contribution >= 4 is 22.8 Å². The molecule has 1 aromatic rings. The number of halogens is 4. The van der Waals surface area contributed by atoms with Crippen molar-refractivity contribution in [2.75, 3.05) is 0 Å². The van der Waals surface area contributed by atoms with Gasteiger partial charge >= 0.3 is 0 Å². The van der Waals surface area contributed by atoms with E-state index < -0.39 is 40.2 Å². The van der Waals surface area contributed by atoms with Gasteiger partial charge in [0.1, 0.15) is 6.04 Å². The van der Waals surface area contributed by atoms with Crippen LogP contribution in [0.5, 0.6) is 0 Å². The topological polar surface area (TPSA) is 46.2 Å². The minimum absolute atomic E-state index is 0.331. The highest BCUT2D eigenvalue weighted by atomic mass is 35.5. The smallest absolute Gasteiger partial charge is 0.255 e. The van der Waals surface area contributed by atoms with Crippen LogP contribution < -0.4 is 5.32 Å². The van der Waals surface area contributed by atoms with E-state index in [9.17, 15) is 22.8 Å². The molecule has 1 atom stereocenters. The molecule has 0 spiro atoms. The molecule has 1 aromatic carbocycles. The Morgan fingerprint density at radius 2 is 1.74 bits per heavy atom. The molecule has 1 unspecified atom stereocenters. The van der Waals surface area contributed by atoms with Crippen LogP contribution in [0.4, 0.5) is 13.2 Å². The lowest BCUT2D eigenvalue weighted by Gasteiger charge is -2.18. The van der Waals surface area contributed by atoms with Crippen LogP contribution in [0.25, 0.3) is 0 Å². The van der Waals surface area contributed by atoms with Gasteiger partial charge in [0.05, 0.1) is 5.56 Å². The van der Waals surface area contributed by atoms with E-state index >= 15 is 0 Å². The quantitative estimate of drug-likeness (QED) is 0.685. The third-order valence-corrected chi connectivity index (χ3v) is 2.71. The van der Waals surface area contributed by atoms with E-state index in [2.05, 4.69) is 5.32 Å². The molecule has 1 amide bonds. The van der Waals surface area contributed by atoms with Crippen LogP contribution in [0.1, 0.15) is 24.2 Å². The average molecular weight is 294 g/mol. The van der Waals surface area contributed by atoms with E-state index in [-0.39, 0.29) is 5.92 Å². The SMILES string of the molecule is CC(C)C(NC(=O)c1ccc(F)c(F)c1F)C(=O)Cl. The summed E-state index contributed by atoms with van der Waals surface area (Å²) in [5, 5.41) is 1.34. The molecule has 0 heterocycles. The molecule has 0 bridgehead atoms. The molecule has 1 rings (SSSR count). The minimum atomic E-state index is -1.74. The fourth-order valence-electron chi connectivity index (χ4n) is 1.41. The summed E-state index contributed by atoms with van der Waals surface area (Å²) in [5.41, 5.74) is -0.692. The molecular formula is C12H11ClF3NO2. The van der Waals surface area contributed by atoms with Crippen molar-refractivity contribution in [1.82, 2.24) is 5.32 Å². The first kappa shape index (κ1) is 15.5. The van der Waals surface area contributed by atoms with Crippen LogP contribution in [0.3, 0.4) is 0 Å².